The SMILES string of the molecule is CCC1(C)CCN(S(=O)(=O)c2cc(C)c(C)c(N)c2)CC1. The van der Waals surface area contributed by atoms with Gasteiger partial charge in [-0.05, 0) is 55.4 Å². The lowest BCUT2D eigenvalue weighted by molar-refractivity contribution is 0.169. The molecule has 0 amide bonds. The maximum absolute atomic E-state index is 12.8. The molecule has 0 spiro atoms. The molecule has 2 N–H and O–H groups in total. The van der Waals surface area contributed by atoms with Gasteiger partial charge in [0.1, 0.15) is 0 Å². The van der Waals surface area contributed by atoms with Gasteiger partial charge in [-0.15, -0.1) is 0 Å². The molecule has 5 heteroatoms. The van der Waals surface area contributed by atoms with E-state index in [0.29, 0.717) is 23.7 Å². The van der Waals surface area contributed by atoms with E-state index >= 15 is 0 Å². The number of hydrogen-bond donors (Lipinski definition) is 1. The van der Waals surface area contributed by atoms with Crippen LogP contribution < -0.4 is 5.73 Å². The van der Waals surface area contributed by atoms with E-state index in [1.807, 2.05) is 13.8 Å². The molecule has 1 aliphatic rings. The van der Waals surface area contributed by atoms with Crippen LogP contribution in [-0.4, -0.2) is 25.8 Å². The van der Waals surface area contributed by atoms with Crippen LogP contribution in [-0.2, 0) is 10.0 Å². The molecule has 0 unspecified atom stereocenters. The number of nitrogens with zero attached hydrogens (tertiary/aromatic N) is 1. The first-order valence-electron chi connectivity index (χ1n) is 7.56. The monoisotopic (exact) mass is 310 g/mol. The molecule has 21 heavy (non-hydrogen) atoms. The van der Waals surface area contributed by atoms with Crippen LogP contribution in [0.5, 0.6) is 0 Å². The van der Waals surface area contributed by atoms with Gasteiger partial charge in [0.15, 0.2) is 0 Å². The third-order valence-electron chi connectivity index (χ3n) is 5.10. The second-order valence-electron chi connectivity index (χ2n) is 6.52. The van der Waals surface area contributed by atoms with E-state index in [9.17, 15) is 8.42 Å². The fourth-order valence-electron chi connectivity index (χ4n) is 2.77. The molecule has 118 valence electrons. The van der Waals surface area contributed by atoms with Gasteiger partial charge in [-0.1, -0.05) is 20.3 Å². The Hall–Kier alpha value is -1.07. The second kappa shape index (κ2) is 5.61. The molecule has 0 aromatic heterocycles. The van der Waals surface area contributed by atoms with Crippen molar-refractivity contribution in [3.63, 3.8) is 0 Å². The number of hydrogen-bond acceptors (Lipinski definition) is 3. The lowest BCUT2D eigenvalue weighted by Gasteiger charge is -2.38. The number of nitrogens with two attached hydrogens (primary N) is 1. The molecule has 1 saturated heterocycles. The second-order valence-corrected chi connectivity index (χ2v) is 8.46. The van der Waals surface area contributed by atoms with E-state index in [2.05, 4.69) is 13.8 Å². The number of piperidine rings is 1. The third-order valence-corrected chi connectivity index (χ3v) is 6.98. The Bertz CT molecular complexity index is 607. The molecule has 0 atom stereocenters. The first-order chi connectivity index (χ1) is 9.69. The van der Waals surface area contributed by atoms with Crippen LogP contribution in [0.3, 0.4) is 0 Å². The predicted octanol–water partition coefficient (Wildman–Crippen LogP) is 3.09. The molecule has 4 nitrogen and oxygen atoms in total. The van der Waals surface area contributed by atoms with E-state index in [1.165, 1.54) is 0 Å². The predicted molar refractivity (Wildman–Crippen MR) is 86.7 cm³/mol. The molecular formula is C16H26N2O2S. The van der Waals surface area contributed by atoms with E-state index in [0.717, 1.165) is 30.4 Å². The van der Waals surface area contributed by atoms with Gasteiger partial charge < -0.3 is 5.73 Å². The number of nitrogen functional groups attached to an aromatic ring is 1. The minimum atomic E-state index is -3.43. The fraction of sp³-hybridized carbons (Fsp3) is 0.625. The van der Waals surface area contributed by atoms with E-state index in [1.54, 1.807) is 16.4 Å². The van der Waals surface area contributed by atoms with Crippen molar-refractivity contribution in [2.75, 3.05) is 18.8 Å². The zero-order valence-electron chi connectivity index (χ0n) is 13.4. The highest BCUT2D eigenvalue weighted by Gasteiger charge is 2.34. The summed E-state index contributed by atoms with van der Waals surface area (Å²) < 4.78 is 27.2. The number of sulfonamides is 1. The van der Waals surface area contributed by atoms with Gasteiger partial charge in [-0.2, -0.15) is 4.31 Å². The fourth-order valence-corrected chi connectivity index (χ4v) is 4.33. The number of anilines is 1. The van der Waals surface area contributed by atoms with Crippen LogP contribution in [0.4, 0.5) is 5.69 Å². The summed E-state index contributed by atoms with van der Waals surface area (Å²) in [4.78, 5) is 0.322. The molecule has 1 aromatic rings. The molecule has 0 aliphatic carbocycles. The maximum atomic E-state index is 12.8. The first-order valence-corrected chi connectivity index (χ1v) is 9.00. The van der Waals surface area contributed by atoms with Gasteiger partial charge in [-0.3, -0.25) is 0 Å². The van der Waals surface area contributed by atoms with Crippen molar-refractivity contribution in [3.05, 3.63) is 23.3 Å². The summed E-state index contributed by atoms with van der Waals surface area (Å²) >= 11 is 0. The van der Waals surface area contributed by atoms with Crippen molar-refractivity contribution in [2.45, 2.75) is 51.9 Å². The molecule has 0 saturated carbocycles. The van der Waals surface area contributed by atoms with Crippen LogP contribution in [0.15, 0.2) is 17.0 Å². The van der Waals surface area contributed by atoms with Crippen molar-refractivity contribution in [3.8, 4) is 0 Å². The Balaban J connectivity index is 2.28. The molecule has 1 fully saturated rings. The van der Waals surface area contributed by atoms with Gasteiger partial charge in [0.25, 0.3) is 0 Å². The molecule has 0 radical (unpaired) electrons. The number of benzene rings is 1. The topological polar surface area (TPSA) is 63.4 Å². The van der Waals surface area contributed by atoms with Gasteiger partial charge in [-0.25, -0.2) is 8.42 Å². The Morgan fingerprint density at radius 1 is 1.24 bits per heavy atom. The van der Waals surface area contributed by atoms with E-state index in [-0.39, 0.29) is 5.41 Å². The Morgan fingerprint density at radius 2 is 1.81 bits per heavy atom. The lowest BCUT2D eigenvalue weighted by Crippen LogP contribution is -2.41. The summed E-state index contributed by atoms with van der Waals surface area (Å²) in [6.07, 6.45) is 2.93. The smallest absolute Gasteiger partial charge is 0.243 e. The normalized spacial score (nSPS) is 19.6. The number of aryl methyl sites for hydroxylation is 1. The summed E-state index contributed by atoms with van der Waals surface area (Å²) in [6.45, 7) is 9.42. The largest absolute Gasteiger partial charge is 0.398 e. The molecule has 1 heterocycles. The van der Waals surface area contributed by atoms with Crippen LogP contribution in [0, 0.1) is 19.3 Å². The highest BCUT2D eigenvalue weighted by Crippen LogP contribution is 2.36. The highest BCUT2D eigenvalue weighted by molar-refractivity contribution is 7.89. The van der Waals surface area contributed by atoms with Crippen molar-refractivity contribution in [2.24, 2.45) is 5.41 Å². The summed E-state index contributed by atoms with van der Waals surface area (Å²) in [5.74, 6) is 0. The van der Waals surface area contributed by atoms with Crippen molar-refractivity contribution in [1.82, 2.24) is 4.31 Å². The highest BCUT2D eigenvalue weighted by atomic mass is 32.2. The Labute approximate surface area is 128 Å². The first kappa shape index (κ1) is 16.3. The Morgan fingerprint density at radius 3 is 2.29 bits per heavy atom. The summed E-state index contributed by atoms with van der Waals surface area (Å²) in [5, 5.41) is 0. The average Bonchev–Trinajstić information content (AvgIpc) is 2.44. The minimum absolute atomic E-state index is 0.272. The van der Waals surface area contributed by atoms with Gasteiger partial charge in [0.2, 0.25) is 10.0 Å². The van der Waals surface area contributed by atoms with Gasteiger partial charge >= 0.3 is 0 Å². The Kier molecular flexibility index (Phi) is 4.36. The van der Waals surface area contributed by atoms with E-state index in [4.69, 9.17) is 5.73 Å². The van der Waals surface area contributed by atoms with Crippen molar-refractivity contribution in [1.29, 1.82) is 0 Å². The van der Waals surface area contributed by atoms with Crippen molar-refractivity contribution >= 4 is 15.7 Å². The minimum Gasteiger partial charge on any atom is -0.398 e. The molecule has 1 aromatic carbocycles. The molecular weight excluding hydrogens is 284 g/mol. The molecule has 1 aliphatic heterocycles. The zero-order chi connectivity index (χ0) is 15.8. The summed E-state index contributed by atoms with van der Waals surface area (Å²) in [5.41, 5.74) is 8.62. The van der Waals surface area contributed by atoms with Crippen molar-refractivity contribution < 1.29 is 8.42 Å². The quantitative estimate of drug-likeness (QED) is 0.873. The van der Waals surface area contributed by atoms with E-state index < -0.39 is 10.0 Å². The average molecular weight is 310 g/mol. The maximum Gasteiger partial charge on any atom is 0.243 e. The van der Waals surface area contributed by atoms with Crippen LogP contribution in [0.1, 0.15) is 44.2 Å². The van der Waals surface area contributed by atoms with Gasteiger partial charge in [0.05, 0.1) is 4.90 Å². The lowest BCUT2D eigenvalue weighted by atomic mass is 9.79. The number of rotatable bonds is 3. The van der Waals surface area contributed by atoms with Gasteiger partial charge in [0, 0.05) is 18.8 Å². The third kappa shape index (κ3) is 3.09. The van der Waals surface area contributed by atoms with Crippen LogP contribution in [0.2, 0.25) is 0 Å². The summed E-state index contributed by atoms with van der Waals surface area (Å²) in [6, 6.07) is 3.32. The van der Waals surface area contributed by atoms with Crippen LogP contribution >= 0.6 is 0 Å². The molecule has 2 rings (SSSR count). The van der Waals surface area contributed by atoms with Crippen LogP contribution in [0.25, 0.3) is 0 Å². The standard InChI is InChI=1S/C16H26N2O2S/c1-5-16(4)6-8-18(9-7-16)21(19,20)14-10-12(2)13(3)15(17)11-14/h10-11H,5-9,17H2,1-4H3. The summed E-state index contributed by atoms with van der Waals surface area (Å²) in [7, 11) is -3.43. The molecule has 0 bridgehead atoms. The zero-order valence-corrected chi connectivity index (χ0v) is 14.3.